The molecule has 1 aromatic rings. The molecule has 0 aromatic heterocycles. The fraction of sp³-hybridized carbons (Fsp3) is 0.320. The van der Waals surface area contributed by atoms with E-state index >= 15 is 0 Å². The molecule has 0 saturated heterocycles. The zero-order chi connectivity index (χ0) is 21.1. The van der Waals surface area contributed by atoms with Crippen LogP contribution in [0.25, 0.3) is 0 Å². The summed E-state index contributed by atoms with van der Waals surface area (Å²) in [5.41, 5.74) is 3.37. The first-order chi connectivity index (χ1) is 13.4. The van der Waals surface area contributed by atoms with Gasteiger partial charge < -0.3 is 0 Å². The van der Waals surface area contributed by atoms with E-state index in [0.29, 0.717) is 11.1 Å². The number of benzene rings is 1. The molecule has 2 nitrogen and oxygen atoms in total. The number of rotatable bonds is 10. The maximum atomic E-state index is 13.0. The third-order valence-corrected chi connectivity index (χ3v) is 5.70. The van der Waals surface area contributed by atoms with Crippen molar-refractivity contribution in [3.05, 3.63) is 81.0 Å². The molecule has 150 valence electrons. The molecule has 0 heterocycles. The normalized spacial score (nSPS) is 15.2. The lowest BCUT2D eigenvalue weighted by Crippen LogP contribution is -2.16. The van der Waals surface area contributed by atoms with E-state index in [9.17, 15) is 9.59 Å². The number of halogens is 1. The van der Waals surface area contributed by atoms with Crippen LogP contribution in [0.1, 0.15) is 62.9 Å². The number of carbonyl (C=O) groups excluding carboxylic acids is 2. The number of hydrogen-bond acceptors (Lipinski definition) is 2. The van der Waals surface area contributed by atoms with Crippen LogP contribution >= 0.6 is 20.7 Å². The minimum atomic E-state index is -0.247. The highest BCUT2D eigenvalue weighted by atomic mass is 127. The van der Waals surface area contributed by atoms with Crippen molar-refractivity contribution in [3.63, 3.8) is 0 Å². The predicted molar refractivity (Wildman–Crippen MR) is 131 cm³/mol. The van der Waals surface area contributed by atoms with Gasteiger partial charge >= 0.3 is 0 Å². The van der Waals surface area contributed by atoms with Gasteiger partial charge in [0.2, 0.25) is 0 Å². The summed E-state index contributed by atoms with van der Waals surface area (Å²) in [6.45, 7) is 9.69. The van der Waals surface area contributed by atoms with Crippen LogP contribution in [0, 0.1) is 5.92 Å². The maximum Gasteiger partial charge on any atom is 0.170 e. The SMILES string of the molecule is C=I/C=C\C(=C/C)C(CC)C(=O)c1ccc(C(C)C(=O)C(/C=C\C)=C/C)cc1. The molecule has 0 saturated carbocycles. The summed E-state index contributed by atoms with van der Waals surface area (Å²) in [5.74, 6) is -0.186. The lowest BCUT2D eigenvalue weighted by molar-refractivity contribution is -0.116. The van der Waals surface area contributed by atoms with Crippen LogP contribution in [-0.2, 0) is 4.79 Å². The Morgan fingerprint density at radius 3 is 2.18 bits per heavy atom. The third kappa shape index (κ3) is 6.33. The fourth-order valence-corrected chi connectivity index (χ4v) is 3.81. The van der Waals surface area contributed by atoms with Gasteiger partial charge in [-0.2, -0.15) is 0 Å². The quantitative estimate of drug-likeness (QED) is 0.154. The minimum Gasteiger partial charge on any atom is -0.294 e. The largest absolute Gasteiger partial charge is 0.294 e. The first-order valence-corrected chi connectivity index (χ1v) is 12.4. The molecule has 1 aromatic carbocycles. The molecule has 0 amide bonds. The van der Waals surface area contributed by atoms with Crippen molar-refractivity contribution in [2.75, 3.05) is 0 Å². The number of allylic oxidation sites excluding steroid dienone is 7. The number of carbonyl (C=O) groups is 2. The van der Waals surface area contributed by atoms with E-state index in [1.54, 1.807) is 0 Å². The molecule has 0 aliphatic heterocycles. The van der Waals surface area contributed by atoms with Gasteiger partial charge in [0.1, 0.15) is 0 Å². The van der Waals surface area contributed by atoms with Gasteiger partial charge in [-0.1, -0.05) is 73.0 Å². The Hall–Kier alpha value is -1.88. The highest BCUT2D eigenvalue weighted by molar-refractivity contribution is 14.2. The second-order valence-electron chi connectivity index (χ2n) is 6.51. The molecule has 0 spiro atoms. The van der Waals surface area contributed by atoms with Gasteiger partial charge in [-0.05, 0) is 42.4 Å². The molecule has 1 rings (SSSR count). The van der Waals surface area contributed by atoms with Crippen LogP contribution in [0.3, 0.4) is 0 Å². The molecule has 0 aliphatic rings. The van der Waals surface area contributed by atoms with E-state index in [0.717, 1.165) is 17.6 Å². The lowest BCUT2D eigenvalue weighted by atomic mass is 9.86. The van der Waals surface area contributed by atoms with E-state index < -0.39 is 0 Å². The van der Waals surface area contributed by atoms with E-state index in [1.807, 2.05) is 89.3 Å². The van der Waals surface area contributed by atoms with Gasteiger partial charge in [0.25, 0.3) is 0 Å². The van der Waals surface area contributed by atoms with Crippen molar-refractivity contribution in [1.82, 2.24) is 0 Å². The van der Waals surface area contributed by atoms with E-state index in [-0.39, 0.29) is 44.1 Å². The van der Waals surface area contributed by atoms with Crippen LogP contribution in [0.5, 0.6) is 0 Å². The summed E-state index contributed by atoms with van der Waals surface area (Å²) in [5, 5.41) is 0. The van der Waals surface area contributed by atoms with Crippen LogP contribution in [0.15, 0.2) is 69.9 Å². The number of ketones is 2. The topological polar surface area (TPSA) is 34.1 Å². The first kappa shape index (κ1) is 24.2. The van der Waals surface area contributed by atoms with Crippen LogP contribution in [0.4, 0.5) is 0 Å². The van der Waals surface area contributed by atoms with Crippen molar-refractivity contribution < 1.29 is 9.59 Å². The standard InChI is InChI=1S/C25H31IO2/c1-7-11-20(9-3)24(27)18(5)21-12-14-22(15-13-21)25(28)23(10-4)19(8-2)16-17-26-6/h7-9,11-18,23H,6,10H2,1-5H3/b11-7-,17-16-,19-8+,20-9+. The van der Waals surface area contributed by atoms with E-state index in [4.69, 9.17) is 0 Å². The van der Waals surface area contributed by atoms with Gasteiger partial charge in [-0.25, -0.2) is 0 Å². The zero-order valence-corrected chi connectivity index (χ0v) is 19.7. The molecule has 0 radical (unpaired) electrons. The second-order valence-corrected chi connectivity index (χ2v) is 8.11. The summed E-state index contributed by atoms with van der Waals surface area (Å²) in [6.07, 6.45) is 10.4. The maximum absolute atomic E-state index is 13.0. The Labute approximate surface area is 179 Å². The summed E-state index contributed by atoms with van der Waals surface area (Å²) >= 11 is -0.191. The first-order valence-electron chi connectivity index (χ1n) is 9.62. The molecule has 0 N–H and O–H groups in total. The summed E-state index contributed by atoms with van der Waals surface area (Å²) in [4.78, 5) is 25.7. The van der Waals surface area contributed by atoms with Crippen molar-refractivity contribution in [2.24, 2.45) is 5.92 Å². The molecule has 0 fully saturated rings. The summed E-state index contributed by atoms with van der Waals surface area (Å²) in [7, 11) is 0. The van der Waals surface area contributed by atoms with Crippen LogP contribution < -0.4 is 0 Å². The molecule has 0 aliphatic carbocycles. The Balaban J connectivity index is 3.08. The Kier molecular flexibility index (Phi) is 10.8. The monoisotopic (exact) mass is 490 g/mol. The van der Waals surface area contributed by atoms with Gasteiger partial charge in [0.15, 0.2) is 11.6 Å². The average molecular weight is 490 g/mol. The van der Waals surface area contributed by atoms with Gasteiger partial charge in [-0.15, -0.1) is 20.7 Å². The minimum absolute atomic E-state index is 0.0870. The van der Waals surface area contributed by atoms with Gasteiger partial charge in [0.05, 0.1) is 0 Å². The average Bonchev–Trinajstić information content (AvgIpc) is 2.73. The van der Waals surface area contributed by atoms with Crippen molar-refractivity contribution in [2.45, 2.75) is 47.0 Å². The molecule has 2 atom stereocenters. The van der Waals surface area contributed by atoms with E-state index in [1.165, 1.54) is 0 Å². The molecule has 28 heavy (non-hydrogen) atoms. The highest BCUT2D eigenvalue weighted by Gasteiger charge is 2.22. The molecule has 0 bridgehead atoms. The fourth-order valence-electron chi connectivity index (χ4n) is 3.14. The van der Waals surface area contributed by atoms with Crippen molar-refractivity contribution >= 4 is 36.8 Å². The second kappa shape index (κ2) is 12.6. The van der Waals surface area contributed by atoms with Crippen molar-refractivity contribution in [3.8, 4) is 0 Å². The Morgan fingerprint density at radius 2 is 1.71 bits per heavy atom. The molecular formula is C25H31IO2. The van der Waals surface area contributed by atoms with E-state index in [2.05, 4.69) is 8.60 Å². The Morgan fingerprint density at radius 1 is 1.07 bits per heavy atom. The third-order valence-electron chi connectivity index (χ3n) is 4.84. The summed E-state index contributed by atoms with van der Waals surface area (Å²) in [6, 6.07) is 7.50. The van der Waals surface area contributed by atoms with Crippen molar-refractivity contribution in [1.29, 1.82) is 0 Å². The lowest BCUT2D eigenvalue weighted by Gasteiger charge is -2.16. The molecule has 3 heteroatoms. The van der Waals surface area contributed by atoms with Gasteiger partial charge in [-0.3, -0.25) is 9.59 Å². The predicted octanol–water partition coefficient (Wildman–Crippen LogP) is 6.95. The van der Waals surface area contributed by atoms with Crippen LogP contribution in [0.2, 0.25) is 0 Å². The summed E-state index contributed by atoms with van der Waals surface area (Å²) < 4.78 is 6.01. The number of Topliss-reactive ketones (excluding diaryl/α,β-unsaturated/α-hetero) is 2. The van der Waals surface area contributed by atoms with Crippen LogP contribution in [-0.4, -0.2) is 16.1 Å². The Bertz CT molecular complexity index is 807. The number of hydrogen-bond donors (Lipinski definition) is 0. The highest BCUT2D eigenvalue weighted by Crippen LogP contribution is 2.25. The smallest absolute Gasteiger partial charge is 0.170 e. The molecular weight excluding hydrogens is 459 g/mol. The zero-order valence-electron chi connectivity index (χ0n) is 17.5. The molecule has 2 unspecified atom stereocenters. The van der Waals surface area contributed by atoms with Gasteiger partial charge in [0, 0.05) is 23.0 Å².